The highest BCUT2D eigenvalue weighted by Crippen LogP contribution is 2.15. The Morgan fingerprint density at radius 3 is 2.89 bits per heavy atom. The Morgan fingerprint density at radius 2 is 2.28 bits per heavy atom. The summed E-state index contributed by atoms with van der Waals surface area (Å²) in [5, 5.41) is 8.46. The molecule has 1 heterocycles. The van der Waals surface area contributed by atoms with E-state index < -0.39 is 0 Å². The molecule has 18 heavy (non-hydrogen) atoms. The largest absolute Gasteiger partial charge is 0.369 e. The second kappa shape index (κ2) is 6.97. The molecular formula is C12H20N4O2. The van der Waals surface area contributed by atoms with E-state index in [-0.39, 0.29) is 17.7 Å². The minimum atomic E-state index is -0.287. The van der Waals surface area contributed by atoms with Crippen molar-refractivity contribution in [3.63, 3.8) is 0 Å². The minimum Gasteiger partial charge on any atom is -0.369 e. The minimum absolute atomic E-state index is 0.0182. The number of nitrogens with two attached hydrogens (primary N) is 1. The third kappa shape index (κ3) is 4.34. The van der Waals surface area contributed by atoms with Gasteiger partial charge in [0.1, 0.15) is 0 Å². The van der Waals surface area contributed by atoms with E-state index in [1.165, 1.54) is 0 Å². The van der Waals surface area contributed by atoms with Crippen LogP contribution in [-0.2, 0) is 9.59 Å². The number of nitriles is 1. The number of likely N-dealkylation sites (N-methyl/N-ethyl adjacent to an activating group) is 1. The molecule has 1 rings (SSSR count). The second-order valence-corrected chi connectivity index (χ2v) is 4.70. The zero-order valence-corrected chi connectivity index (χ0v) is 10.8. The van der Waals surface area contributed by atoms with Gasteiger partial charge in [0, 0.05) is 20.1 Å². The van der Waals surface area contributed by atoms with Crippen LogP contribution in [-0.4, -0.2) is 54.8 Å². The maximum Gasteiger partial charge on any atom is 0.236 e. The predicted octanol–water partition coefficient (Wildman–Crippen LogP) is -0.444. The van der Waals surface area contributed by atoms with Crippen LogP contribution < -0.4 is 5.73 Å². The van der Waals surface area contributed by atoms with Crippen molar-refractivity contribution in [3.8, 4) is 6.07 Å². The third-order valence-electron chi connectivity index (χ3n) is 3.25. The number of amides is 2. The fourth-order valence-corrected chi connectivity index (χ4v) is 2.09. The number of carbonyl (C=O) groups excluding carboxylic acids is 2. The van der Waals surface area contributed by atoms with E-state index in [0.717, 1.165) is 19.4 Å². The number of carbonyl (C=O) groups is 2. The smallest absolute Gasteiger partial charge is 0.236 e. The molecule has 0 aromatic heterocycles. The molecule has 1 aliphatic heterocycles. The maximum atomic E-state index is 11.9. The van der Waals surface area contributed by atoms with E-state index in [9.17, 15) is 9.59 Å². The summed E-state index contributed by atoms with van der Waals surface area (Å²) in [5.41, 5.74) is 5.29. The Bertz CT molecular complexity index is 350. The summed E-state index contributed by atoms with van der Waals surface area (Å²) in [5.74, 6) is -0.448. The number of rotatable bonds is 5. The van der Waals surface area contributed by atoms with Crippen molar-refractivity contribution in [1.82, 2.24) is 9.80 Å². The van der Waals surface area contributed by atoms with Crippen LogP contribution >= 0.6 is 0 Å². The van der Waals surface area contributed by atoms with E-state index in [0.29, 0.717) is 26.1 Å². The van der Waals surface area contributed by atoms with Gasteiger partial charge in [-0.05, 0) is 19.4 Å². The lowest BCUT2D eigenvalue weighted by atomic mass is 9.97. The third-order valence-corrected chi connectivity index (χ3v) is 3.25. The van der Waals surface area contributed by atoms with Gasteiger partial charge in [0.15, 0.2) is 0 Å². The van der Waals surface area contributed by atoms with Gasteiger partial charge in [-0.3, -0.25) is 14.5 Å². The van der Waals surface area contributed by atoms with Gasteiger partial charge in [-0.2, -0.15) is 5.26 Å². The molecule has 6 heteroatoms. The van der Waals surface area contributed by atoms with Crippen LogP contribution in [0.1, 0.15) is 19.3 Å². The topological polar surface area (TPSA) is 90.4 Å². The lowest BCUT2D eigenvalue weighted by Gasteiger charge is -2.31. The number of piperidine rings is 1. The summed E-state index contributed by atoms with van der Waals surface area (Å²) in [7, 11) is 1.69. The molecule has 0 aromatic rings. The lowest BCUT2D eigenvalue weighted by molar-refractivity contribution is -0.133. The number of primary amides is 1. The summed E-state index contributed by atoms with van der Waals surface area (Å²) in [4.78, 5) is 26.5. The standard InChI is InChI=1S/C12H20N4O2/c1-15(6-3-5-13)11(17)9-16-7-2-4-10(8-16)12(14)18/h10H,2-4,6-9H2,1H3,(H2,14,18). The lowest BCUT2D eigenvalue weighted by Crippen LogP contribution is -2.46. The monoisotopic (exact) mass is 252 g/mol. The predicted molar refractivity (Wildman–Crippen MR) is 66.2 cm³/mol. The van der Waals surface area contributed by atoms with E-state index >= 15 is 0 Å². The van der Waals surface area contributed by atoms with Crippen LogP contribution in [0.4, 0.5) is 0 Å². The maximum absolute atomic E-state index is 11.9. The van der Waals surface area contributed by atoms with E-state index in [4.69, 9.17) is 11.0 Å². The van der Waals surface area contributed by atoms with Gasteiger partial charge in [0.25, 0.3) is 0 Å². The molecule has 2 amide bonds. The van der Waals surface area contributed by atoms with Gasteiger partial charge in [-0.25, -0.2) is 0 Å². The molecule has 0 saturated carbocycles. The number of likely N-dealkylation sites (tertiary alicyclic amines) is 1. The SMILES string of the molecule is CN(CCC#N)C(=O)CN1CCCC(C(N)=O)C1. The molecule has 0 spiro atoms. The first kappa shape index (κ1) is 14.5. The molecule has 0 radical (unpaired) electrons. The van der Waals surface area contributed by atoms with E-state index in [1.807, 2.05) is 11.0 Å². The van der Waals surface area contributed by atoms with Crippen LogP contribution in [0.15, 0.2) is 0 Å². The van der Waals surface area contributed by atoms with Crippen LogP contribution in [0.3, 0.4) is 0 Å². The Hall–Kier alpha value is -1.61. The molecule has 1 saturated heterocycles. The van der Waals surface area contributed by atoms with Gasteiger partial charge >= 0.3 is 0 Å². The van der Waals surface area contributed by atoms with Gasteiger partial charge in [-0.15, -0.1) is 0 Å². The zero-order valence-electron chi connectivity index (χ0n) is 10.8. The molecule has 1 fully saturated rings. The Labute approximate surface area is 107 Å². The fraction of sp³-hybridized carbons (Fsp3) is 0.750. The van der Waals surface area contributed by atoms with Gasteiger partial charge < -0.3 is 10.6 Å². The van der Waals surface area contributed by atoms with Crippen LogP contribution in [0.25, 0.3) is 0 Å². The van der Waals surface area contributed by atoms with E-state index in [2.05, 4.69) is 0 Å². The quantitative estimate of drug-likeness (QED) is 0.718. The molecular weight excluding hydrogens is 232 g/mol. The average molecular weight is 252 g/mol. The molecule has 1 aliphatic rings. The highest BCUT2D eigenvalue weighted by molar-refractivity contribution is 5.79. The van der Waals surface area contributed by atoms with Crippen molar-refractivity contribution in [1.29, 1.82) is 5.26 Å². The van der Waals surface area contributed by atoms with Crippen molar-refractivity contribution >= 4 is 11.8 Å². The highest BCUT2D eigenvalue weighted by atomic mass is 16.2. The average Bonchev–Trinajstić information content (AvgIpc) is 2.36. The summed E-state index contributed by atoms with van der Waals surface area (Å²) in [6, 6.07) is 2.01. The van der Waals surface area contributed by atoms with Crippen molar-refractivity contribution in [2.75, 3.05) is 33.2 Å². The van der Waals surface area contributed by atoms with Crippen LogP contribution in [0.5, 0.6) is 0 Å². The second-order valence-electron chi connectivity index (χ2n) is 4.70. The summed E-state index contributed by atoms with van der Waals surface area (Å²) in [6.45, 7) is 2.13. The van der Waals surface area contributed by atoms with Gasteiger partial charge in [0.2, 0.25) is 11.8 Å². The van der Waals surface area contributed by atoms with Crippen molar-refractivity contribution in [2.24, 2.45) is 11.7 Å². The van der Waals surface area contributed by atoms with Crippen molar-refractivity contribution in [3.05, 3.63) is 0 Å². The van der Waals surface area contributed by atoms with Crippen LogP contribution in [0.2, 0.25) is 0 Å². The van der Waals surface area contributed by atoms with Gasteiger partial charge in [-0.1, -0.05) is 0 Å². The molecule has 1 unspecified atom stereocenters. The first-order valence-electron chi connectivity index (χ1n) is 6.17. The number of hydrogen-bond acceptors (Lipinski definition) is 4. The Morgan fingerprint density at radius 1 is 1.56 bits per heavy atom. The zero-order chi connectivity index (χ0) is 13.5. The molecule has 6 nitrogen and oxygen atoms in total. The first-order valence-corrected chi connectivity index (χ1v) is 6.17. The normalized spacial score (nSPS) is 20.1. The molecule has 1 atom stereocenters. The molecule has 2 N–H and O–H groups in total. The summed E-state index contributed by atoms with van der Waals surface area (Å²) < 4.78 is 0. The molecule has 100 valence electrons. The Kier molecular flexibility index (Phi) is 5.59. The Balaban J connectivity index is 2.39. The molecule has 0 bridgehead atoms. The highest BCUT2D eigenvalue weighted by Gasteiger charge is 2.25. The number of nitrogens with zero attached hydrogens (tertiary/aromatic N) is 3. The van der Waals surface area contributed by atoms with Gasteiger partial charge in [0.05, 0.1) is 25.0 Å². The molecule has 0 aliphatic carbocycles. The summed E-state index contributed by atoms with van der Waals surface area (Å²) in [6.07, 6.45) is 2.04. The van der Waals surface area contributed by atoms with Crippen LogP contribution in [0, 0.1) is 17.2 Å². The first-order chi connectivity index (χ1) is 8.54. The fourth-order valence-electron chi connectivity index (χ4n) is 2.09. The van der Waals surface area contributed by atoms with Crippen molar-refractivity contribution in [2.45, 2.75) is 19.3 Å². The number of hydrogen-bond donors (Lipinski definition) is 1. The van der Waals surface area contributed by atoms with E-state index in [1.54, 1.807) is 11.9 Å². The molecule has 0 aromatic carbocycles. The summed E-state index contributed by atoms with van der Waals surface area (Å²) >= 11 is 0. The van der Waals surface area contributed by atoms with Crippen molar-refractivity contribution < 1.29 is 9.59 Å².